The molecule has 0 aliphatic heterocycles. The molecule has 0 aliphatic carbocycles. The molecule has 1 aromatic rings. The van der Waals surface area contributed by atoms with Gasteiger partial charge in [-0.1, -0.05) is 31.0 Å². The Bertz CT molecular complexity index is 454. The van der Waals surface area contributed by atoms with E-state index >= 15 is 0 Å². The second-order valence-electron chi connectivity index (χ2n) is 4.52. The third kappa shape index (κ3) is 4.40. The van der Waals surface area contributed by atoms with Gasteiger partial charge in [0.2, 0.25) is 10.0 Å². The highest BCUT2D eigenvalue weighted by atomic mass is 32.2. The van der Waals surface area contributed by atoms with Gasteiger partial charge in [0.1, 0.15) is 0 Å². The number of aryl methyl sites for hydroxylation is 1. The van der Waals surface area contributed by atoms with E-state index in [0.717, 1.165) is 18.4 Å². The smallest absolute Gasteiger partial charge is 0.240 e. The fourth-order valence-electron chi connectivity index (χ4n) is 1.71. The number of hydrogen-bond acceptors (Lipinski definition) is 3. The van der Waals surface area contributed by atoms with Crippen LogP contribution < -0.4 is 10.5 Å². The lowest BCUT2D eigenvalue weighted by Gasteiger charge is -2.14. The van der Waals surface area contributed by atoms with E-state index in [0.29, 0.717) is 23.9 Å². The number of hydrogen-bond donors (Lipinski definition) is 2. The van der Waals surface area contributed by atoms with Crippen LogP contribution in [0.1, 0.15) is 25.3 Å². The second kappa shape index (κ2) is 6.87. The Morgan fingerprint density at radius 3 is 2.39 bits per heavy atom. The molecule has 0 saturated carbocycles. The lowest BCUT2D eigenvalue weighted by molar-refractivity contribution is 0.466. The monoisotopic (exact) mass is 270 g/mol. The van der Waals surface area contributed by atoms with Crippen LogP contribution in [0.2, 0.25) is 0 Å². The van der Waals surface area contributed by atoms with Gasteiger partial charge in [-0.05, 0) is 37.9 Å². The summed E-state index contributed by atoms with van der Waals surface area (Å²) in [6, 6.07) is 6.85. The fourth-order valence-corrected chi connectivity index (χ4v) is 2.83. The van der Waals surface area contributed by atoms with Crippen molar-refractivity contribution in [3.63, 3.8) is 0 Å². The lowest BCUT2D eigenvalue weighted by Crippen LogP contribution is -2.30. The van der Waals surface area contributed by atoms with Gasteiger partial charge in [-0.3, -0.25) is 0 Å². The SMILES string of the molecule is CCC(CCN)CNS(=O)(=O)c1ccc(C)cc1. The van der Waals surface area contributed by atoms with Gasteiger partial charge >= 0.3 is 0 Å². The van der Waals surface area contributed by atoms with E-state index in [1.165, 1.54) is 0 Å². The van der Waals surface area contributed by atoms with E-state index in [-0.39, 0.29) is 0 Å². The molecule has 3 N–H and O–H groups in total. The van der Waals surface area contributed by atoms with Crippen LogP contribution in [0.25, 0.3) is 0 Å². The summed E-state index contributed by atoms with van der Waals surface area (Å²) in [5.74, 6) is 0.301. The van der Waals surface area contributed by atoms with Crippen molar-refractivity contribution in [2.45, 2.75) is 31.6 Å². The molecule has 0 radical (unpaired) electrons. The maximum atomic E-state index is 12.0. The Labute approximate surface area is 110 Å². The van der Waals surface area contributed by atoms with E-state index in [9.17, 15) is 8.42 Å². The van der Waals surface area contributed by atoms with Gasteiger partial charge < -0.3 is 5.73 Å². The molecule has 1 unspecified atom stereocenters. The topological polar surface area (TPSA) is 72.2 Å². The van der Waals surface area contributed by atoms with Crippen LogP contribution in [0, 0.1) is 12.8 Å². The largest absolute Gasteiger partial charge is 0.330 e. The van der Waals surface area contributed by atoms with Crippen LogP contribution in [0.4, 0.5) is 0 Å². The number of sulfonamides is 1. The van der Waals surface area contributed by atoms with Crippen molar-refractivity contribution >= 4 is 10.0 Å². The molecule has 0 saturated heterocycles. The lowest BCUT2D eigenvalue weighted by atomic mass is 10.0. The normalized spacial score (nSPS) is 13.5. The predicted molar refractivity (Wildman–Crippen MR) is 73.8 cm³/mol. The first-order valence-corrected chi connectivity index (χ1v) is 7.74. The number of benzene rings is 1. The van der Waals surface area contributed by atoms with E-state index < -0.39 is 10.0 Å². The molecular weight excluding hydrogens is 248 g/mol. The highest BCUT2D eigenvalue weighted by Gasteiger charge is 2.15. The quantitative estimate of drug-likeness (QED) is 0.791. The molecule has 0 amide bonds. The summed E-state index contributed by atoms with van der Waals surface area (Å²) in [6.07, 6.45) is 1.76. The van der Waals surface area contributed by atoms with Crippen molar-refractivity contribution in [1.82, 2.24) is 4.72 Å². The molecule has 1 rings (SSSR count). The molecule has 0 spiro atoms. The number of nitrogens with two attached hydrogens (primary N) is 1. The third-order valence-electron chi connectivity index (χ3n) is 3.05. The summed E-state index contributed by atoms with van der Waals surface area (Å²) in [5, 5.41) is 0. The summed E-state index contributed by atoms with van der Waals surface area (Å²) in [6.45, 7) is 5.01. The maximum Gasteiger partial charge on any atom is 0.240 e. The van der Waals surface area contributed by atoms with Crippen LogP contribution in [0.15, 0.2) is 29.2 Å². The Morgan fingerprint density at radius 1 is 1.28 bits per heavy atom. The van der Waals surface area contributed by atoms with Gasteiger partial charge in [0.05, 0.1) is 4.90 Å². The summed E-state index contributed by atoms with van der Waals surface area (Å²) in [4.78, 5) is 0.315. The summed E-state index contributed by atoms with van der Waals surface area (Å²) >= 11 is 0. The van der Waals surface area contributed by atoms with Crippen molar-refractivity contribution in [1.29, 1.82) is 0 Å². The zero-order chi connectivity index (χ0) is 13.6. The standard InChI is InChI=1S/C13H22N2O2S/c1-3-12(8-9-14)10-15-18(16,17)13-6-4-11(2)5-7-13/h4-7,12,15H,3,8-10,14H2,1-2H3. The zero-order valence-corrected chi connectivity index (χ0v) is 11.8. The first-order valence-electron chi connectivity index (χ1n) is 6.26. The Balaban J connectivity index is 2.67. The predicted octanol–water partition coefficient (Wildman–Crippen LogP) is 1.65. The molecule has 1 aromatic carbocycles. The Hall–Kier alpha value is -0.910. The molecule has 1 atom stereocenters. The minimum Gasteiger partial charge on any atom is -0.330 e. The molecule has 0 aromatic heterocycles. The van der Waals surface area contributed by atoms with Crippen molar-refractivity contribution < 1.29 is 8.42 Å². The van der Waals surface area contributed by atoms with Crippen molar-refractivity contribution in [2.24, 2.45) is 11.7 Å². The molecule has 4 nitrogen and oxygen atoms in total. The van der Waals surface area contributed by atoms with Crippen molar-refractivity contribution in [2.75, 3.05) is 13.1 Å². The van der Waals surface area contributed by atoms with Crippen molar-refractivity contribution in [3.05, 3.63) is 29.8 Å². The average molecular weight is 270 g/mol. The van der Waals surface area contributed by atoms with E-state index in [1.54, 1.807) is 24.3 Å². The van der Waals surface area contributed by atoms with Crippen molar-refractivity contribution in [3.8, 4) is 0 Å². The summed E-state index contributed by atoms with van der Waals surface area (Å²) in [7, 11) is -3.39. The van der Waals surface area contributed by atoms with Gasteiger partial charge in [-0.2, -0.15) is 0 Å². The molecular formula is C13H22N2O2S. The van der Waals surface area contributed by atoms with Crippen LogP contribution in [0.5, 0.6) is 0 Å². The third-order valence-corrected chi connectivity index (χ3v) is 4.49. The van der Waals surface area contributed by atoms with E-state index in [1.807, 2.05) is 13.8 Å². The highest BCUT2D eigenvalue weighted by molar-refractivity contribution is 7.89. The number of rotatable bonds is 7. The first kappa shape index (κ1) is 15.1. The minimum atomic E-state index is -3.39. The fraction of sp³-hybridized carbons (Fsp3) is 0.538. The van der Waals surface area contributed by atoms with E-state index in [2.05, 4.69) is 4.72 Å². The molecule has 0 aliphatic rings. The van der Waals surface area contributed by atoms with Gasteiger partial charge in [0.25, 0.3) is 0 Å². The molecule has 0 bridgehead atoms. The highest BCUT2D eigenvalue weighted by Crippen LogP contribution is 2.12. The van der Waals surface area contributed by atoms with Gasteiger partial charge in [0, 0.05) is 6.54 Å². The number of nitrogens with one attached hydrogen (secondary N) is 1. The van der Waals surface area contributed by atoms with Crippen LogP contribution >= 0.6 is 0 Å². The molecule has 18 heavy (non-hydrogen) atoms. The first-order chi connectivity index (χ1) is 8.49. The molecule has 0 fully saturated rings. The maximum absolute atomic E-state index is 12.0. The molecule has 0 heterocycles. The van der Waals surface area contributed by atoms with Crippen LogP contribution in [0.3, 0.4) is 0 Å². The van der Waals surface area contributed by atoms with Gasteiger partial charge in [-0.25, -0.2) is 13.1 Å². The second-order valence-corrected chi connectivity index (χ2v) is 6.28. The summed E-state index contributed by atoms with van der Waals surface area (Å²) < 4.78 is 26.7. The zero-order valence-electron chi connectivity index (χ0n) is 11.0. The van der Waals surface area contributed by atoms with E-state index in [4.69, 9.17) is 5.73 Å². The van der Waals surface area contributed by atoms with Gasteiger partial charge in [-0.15, -0.1) is 0 Å². The average Bonchev–Trinajstić information content (AvgIpc) is 2.35. The Kier molecular flexibility index (Phi) is 5.78. The van der Waals surface area contributed by atoms with Crippen LogP contribution in [-0.4, -0.2) is 21.5 Å². The van der Waals surface area contributed by atoms with Crippen LogP contribution in [-0.2, 0) is 10.0 Å². The summed E-state index contributed by atoms with van der Waals surface area (Å²) in [5.41, 5.74) is 6.54. The molecule has 5 heteroatoms. The van der Waals surface area contributed by atoms with Gasteiger partial charge in [0.15, 0.2) is 0 Å². The Morgan fingerprint density at radius 2 is 1.89 bits per heavy atom. The minimum absolute atomic E-state index is 0.301. The molecule has 102 valence electrons.